The first-order valence-electron chi connectivity index (χ1n) is 7.36. The van der Waals surface area contributed by atoms with E-state index >= 15 is 0 Å². The number of allylic oxidation sites excluding steroid dienone is 6. The molecule has 0 bridgehead atoms. The largest absolute Gasteiger partial charge is 0.0789 e. The molecule has 0 saturated carbocycles. The van der Waals surface area contributed by atoms with Gasteiger partial charge in [0, 0.05) is 0 Å². The fraction of sp³-hybridized carbons (Fsp3) is 0.667. The summed E-state index contributed by atoms with van der Waals surface area (Å²) in [5, 5.41) is 0. The average molecular weight is 246 g/mol. The zero-order valence-corrected chi connectivity index (χ0v) is 13.3. The van der Waals surface area contributed by atoms with Crippen molar-refractivity contribution >= 4 is 0 Å². The molecule has 18 heavy (non-hydrogen) atoms. The summed E-state index contributed by atoms with van der Waals surface area (Å²) in [6.07, 6.45) is 9.70. The number of rotatable bonds is 2. The van der Waals surface area contributed by atoms with E-state index in [1.54, 1.807) is 11.1 Å². The maximum absolute atomic E-state index is 2.51. The normalized spacial score (nSPS) is 30.4. The van der Waals surface area contributed by atoms with Crippen LogP contribution < -0.4 is 0 Å². The minimum Gasteiger partial charge on any atom is -0.0789 e. The molecule has 0 aliphatic heterocycles. The van der Waals surface area contributed by atoms with Crippen molar-refractivity contribution in [3.63, 3.8) is 0 Å². The Morgan fingerprint density at radius 1 is 1.28 bits per heavy atom. The highest BCUT2D eigenvalue weighted by molar-refractivity contribution is 5.36. The van der Waals surface area contributed by atoms with E-state index in [1.165, 1.54) is 12.0 Å². The van der Waals surface area contributed by atoms with Gasteiger partial charge in [0.2, 0.25) is 0 Å². The molecule has 0 nitrogen and oxygen atoms in total. The van der Waals surface area contributed by atoms with E-state index in [-0.39, 0.29) is 5.41 Å². The molecule has 0 aromatic carbocycles. The molecule has 0 aromatic heterocycles. The van der Waals surface area contributed by atoms with Gasteiger partial charge in [-0.3, -0.25) is 0 Å². The standard InChI is InChI=1S/C18H30/c1-8-16-12-18(6,7)11-15(5)9-14(4)10-17(16)13(2)3/h9-10,12-14H,8,11H2,1-7H3/b15-9?,16-12-,17-10-. The van der Waals surface area contributed by atoms with Gasteiger partial charge < -0.3 is 0 Å². The molecule has 0 heteroatoms. The number of hydrogen-bond acceptors (Lipinski definition) is 0. The van der Waals surface area contributed by atoms with Crippen molar-refractivity contribution in [3.8, 4) is 0 Å². The van der Waals surface area contributed by atoms with Gasteiger partial charge in [-0.25, -0.2) is 0 Å². The van der Waals surface area contributed by atoms with Crippen molar-refractivity contribution in [2.24, 2.45) is 17.3 Å². The third kappa shape index (κ3) is 4.15. The van der Waals surface area contributed by atoms with Crippen LogP contribution in [0.5, 0.6) is 0 Å². The molecule has 0 N–H and O–H groups in total. The zero-order chi connectivity index (χ0) is 13.9. The highest BCUT2D eigenvalue weighted by Gasteiger charge is 2.20. The van der Waals surface area contributed by atoms with Gasteiger partial charge in [0.15, 0.2) is 0 Å². The quantitative estimate of drug-likeness (QED) is 0.531. The van der Waals surface area contributed by atoms with Gasteiger partial charge in [-0.15, -0.1) is 0 Å². The van der Waals surface area contributed by atoms with E-state index in [1.807, 2.05) is 0 Å². The molecule has 1 unspecified atom stereocenters. The van der Waals surface area contributed by atoms with Crippen LogP contribution in [0.15, 0.2) is 34.9 Å². The molecule has 0 heterocycles. The van der Waals surface area contributed by atoms with Crippen LogP contribution in [-0.4, -0.2) is 0 Å². The van der Waals surface area contributed by atoms with Gasteiger partial charge in [-0.05, 0) is 48.2 Å². The smallest absolute Gasteiger partial charge is 0.00733 e. The lowest BCUT2D eigenvalue weighted by Gasteiger charge is -2.24. The lowest BCUT2D eigenvalue weighted by molar-refractivity contribution is 0.470. The van der Waals surface area contributed by atoms with Crippen LogP contribution in [0.3, 0.4) is 0 Å². The van der Waals surface area contributed by atoms with Crippen molar-refractivity contribution in [3.05, 3.63) is 34.9 Å². The summed E-state index contributed by atoms with van der Waals surface area (Å²) in [6.45, 7) is 16.2. The summed E-state index contributed by atoms with van der Waals surface area (Å²) in [5.41, 5.74) is 4.87. The molecule has 1 rings (SSSR count). The van der Waals surface area contributed by atoms with Gasteiger partial charge in [0.1, 0.15) is 0 Å². The molecule has 0 spiro atoms. The van der Waals surface area contributed by atoms with E-state index in [4.69, 9.17) is 0 Å². The Balaban J connectivity index is 3.32. The van der Waals surface area contributed by atoms with Crippen LogP contribution in [0.4, 0.5) is 0 Å². The maximum atomic E-state index is 2.51. The Morgan fingerprint density at radius 3 is 2.39 bits per heavy atom. The highest BCUT2D eigenvalue weighted by Crippen LogP contribution is 2.35. The predicted molar refractivity (Wildman–Crippen MR) is 82.6 cm³/mol. The minimum atomic E-state index is 0.268. The maximum Gasteiger partial charge on any atom is -0.00733 e. The van der Waals surface area contributed by atoms with Gasteiger partial charge in [-0.1, -0.05) is 65.3 Å². The molecule has 0 aromatic rings. The average Bonchev–Trinajstić information content (AvgIpc) is 2.24. The van der Waals surface area contributed by atoms with Gasteiger partial charge in [-0.2, -0.15) is 0 Å². The Labute approximate surface area is 114 Å². The Morgan fingerprint density at radius 2 is 1.89 bits per heavy atom. The van der Waals surface area contributed by atoms with Crippen molar-refractivity contribution in [1.29, 1.82) is 0 Å². The van der Waals surface area contributed by atoms with Crippen LogP contribution in [-0.2, 0) is 0 Å². The van der Waals surface area contributed by atoms with Crippen molar-refractivity contribution in [1.82, 2.24) is 0 Å². The fourth-order valence-corrected chi connectivity index (χ4v) is 3.14. The minimum absolute atomic E-state index is 0.268. The summed E-state index contributed by atoms with van der Waals surface area (Å²) < 4.78 is 0. The second-order valence-corrected chi connectivity index (χ2v) is 6.84. The topological polar surface area (TPSA) is 0 Å². The van der Waals surface area contributed by atoms with E-state index < -0.39 is 0 Å². The Bertz CT molecular complexity index is 375. The SMILES string of the molecule is CCC1=C/C(C)(C)CC(C)=CC(C)/C=C\1C(C)C. The second-order valence-electron chi connectivity index (χ2n) is 6.84. The molecule has 0 saturated heterocycles. The van der Waals surface area contributed by atoms with Crippen molar-refractivity contribution < 1.29 is 0 Å². The molecular weight excluding hydrogens is 216 g/mol. The number of hydrogen-bond donors (Lipinski definition) is 0. The van der Waals surface area contributed by atoms with Crippen LogP contribution in [0, 0.1) is 17.3 Å². The summed E-state index contributed by atoms with van der Waals surface area (Å²) in [4.78, 5) is 0. The summed E-state index contributed by atoms with van der Waals surface area (Å²) in [7, 11) is 0. The van der Waals surface area contributed by atoms with Crippen molar-refractivity contribution in [2.75, 3.05) is 0 Å². The summed E-state index contributed by atoms with van der Waals surface area (Å²) in [6, 6.07) is 0. The molecule has 1 aliphatic rings. The summed E-state index contributed by atoms with van der Waals surface area (Å²) in [5.74, 6) is 1.16. The predicted octanol–water partition coefficient (Wildman–Crippen LogP) is 5.92. The molecule has 0 fully saturated rings. The van der Waals surface area contributed by atoms with Crippen LogP contribution in [0.25, 0.3) is 0 Å². The van der Waals surface area contributed by atoms with Crippen molar-refractivity contribution in [2.45, 2.75) is 61.3 Å². The molecule has 1 aliphatic carbocycles. The Kier molecular flexibility index (Phi) is 5.01. The molecular formula is C18H30. The zero-order valence-electron chi connectivity index (χ0n) is 13.3. The molecule has 0 radical (unpaired) electrons. The van der Waals surface area contributed by atoms with E-state index in [0.29, 0.717) is 11.8 Å². The monoisotopic (exact) mass is 246 g/mol. The van der Waals surface area contributed by atoms with E-state index in [0.717, 1.165) is 6.42 Å². The lowest BCUT2D eigenvalue weighted by atomic mass is 9.81. The van der Waals surface area contributed by atoms with Crippen LogP contribution >= 0.6 is 0 Å². The van der Waals surface area contributed by atoms with Crippen LogP contribution in [0.2, 0.25) is 0 Å². The van der Waals surface area contributed by atoms with E-state index in [9.17, 15) is 0 Å². The van der Waals surface area contributed by atoms with Gasteiger partial charge >= 0.3 is 0 Å². The van der Waals surface area contributed by atoms with Gasteiger partial charge in [0.05, 0.1) is 0 Å². The molecule has 1 atom stereocenters. The fourth-order valence-electron chi connectivity index (χ4n) is 3.14. The molecule has 102 valence electrons. The van der Waals surface area contributed by atoms with E-state index in [2.05, 4.69) is 66.7 Å². The summed E-state index contributed by atoms with van der Waals surface area (Å²) >= 11 is 0. The first-order chi connectivity index (χ1) is 8.25. The second kappa shape index (κ2) is 5.91. The lowest BCUT2D eigenvalue weighted by Crippen LogP contribution is -2.10. The Hall–Kier alpha value is -0.780. The highest BCUT2D eigenvalue weighted by atomic mass is 14.3. The first-order valence-corrected chi connectivity index (χ1v) is 7.36. The third-order valence-corrected chi connectivity index (χ3v) is 3.66. The third-order valence-electron chi connectivity index (χ3n) is 3.66. The first kappa shape index (κ1) is 15.3. The van der Waals surface area contributed by atoms with Crippen LogP contribution in [0.1, 0.15) is 61.3 Å². The molecule has 0 amide bonds. The van der Waals surface area contributed by atoms with Gasteiger partial charge in [0.25, 0.3) is 0 Å².